The van der Waals surface area contributed by atoms with Crippen LogP contribution in [0.2, 0.25) is 0 Å². The number of nitrogens with one attached hydrogen (secondary N) is 2. The van der Waals surface area contributed by atoms with Crippen LogP contribution < -0.4 is 10.6 Å². The number of halogens is 1. The normalized spacial score (nSPS) is 10.7. The fraction of sp³-hybridized carbons (Fsp3) is 0.533. The van der Waals surface area contributed by atoms with Crippen molar-refractivity contribution in [3.8, 4) is 0 Å². The summed E-state index contributed by atoms with van der Waals surface area (Å²) in [6, 6.07) is 5.87. The molecule has 1 aromatic heterocycles. The fourth-order valence-electron chi connectivity index (χ4n) is 1.59. The molecule has 1 aromatic rings. The van der Waals surface area contributed by atoms with Crippen LogP contribution in [0.15, 0.2) is 29.4 Å². The summed E-state index contributed by atoms with van der Waals surface area (Å²) in [6.45, 7) is 1.68. The summed E-state index contributed by atoms with van der Waals surface area (Å²) in [5.74, 6) is 1.64. The Labute approximate surface area is 159 Å². The van der Waals surface area contributed by atoms with Crippen molar-refractivity contribution in [2.24, 2.45) is 4.99 Å². The Balaban J connectivity index is 0.00000484. The van der Waals surface area contributed by atoms with Crippen molar-refractivity contribution >= 4 is 47.6 Å². The average molecular weight is 451 g/mol. The summed E-state index contributed by atoms with van der Waals surface area (Å²) in [6.07, 6.45) is 4.66. The number of aromatic nitrogens is 1. The van der Waals surface area contributed by atoms with Crippen LogP contribution in [0.25, 0.3) is 0 Å². The van der Waals surface area contributed by atoms with E-state index in [1.807, 2.05) is 18.2 Å². The molecule has 0 saturated carbocycles. The number of hydrogen-bond donors (Lipinski definition) is 2. The predicted octanol–water partition coefficient (Wildman–Crippen LogP) is 1.23. The van der Waals surface area contributed by atoms with E-state index < -0.39 is 0 Å². The Morgan fingerprint density at radius 1 is 1.30 bits per heavy atom. The van der Waals surface area contributed by atoms with Crippen molar-refractivity contribution < 1.29 is 4.79 Å². The van der Waals surface area contributed by atoms with Crippen LogP contribution in [-0.2, 0) is 11.2 Å². The molecule has 0 aliphatic rings. The number of nitrogens with zero attached hydrogens (tertiary/aromatic N) is 3. The molecule has 2 N–H and O–H groups in total. The number of hydrogen-bond acceptors (Lipinski definition) is 4. The molecule has 0 radical (unpaired) electrons. The number of thioether (sulfide) groups is 1. The molecule has 0 bridgehead atoms. The molecule has 1 rings (SSSR count). The first-order chi connectivity index (χ1) is 10.6. The number of likely N-dealkylation sites (N-methyl/N-ethyl adjacent to an activating group) is 1. The quantitative estimate of drug-likeness (QED) is 0.269. The predicted molar refractivity (Wildman–Crippen MR) is 109 cm³/mol. The van der Waals surface area contributed by atoms with E-state index in [-0.39, 0.29) is 36.4 Å². The van der Waals surface area contributed by atoms with Gasteiger partial charge in [-0.05, 0) is 18.4 Å². The van der Waals surface area contributed by atoms with Gasteiger partial charge in [-0.3, -0.25) is 9.78 Å². The highest BCUT2D eigenvalue weighted by Gasteiger charge is 2.04. The summed E-state index contributed by atoms with van der Waals surface area (Å²) < 4.78 is 0. The van der Waals surface area contributed by atoms with Crippen LogP contribution in [0.5, 0.6) is 0 Å². The second kappa shape index (κ2) is 13.4. The molecular weight excluding hydrogens is 425 g/mol. The summed E-state index contributed by atoms with van der Waals surface area (Å²) in [4.78, 5) is 21.8. The molecule has 0 spiro atoms. The van der Waals surface area contributed by atoms with Crippen LogP contribution >= 0.6 is 35.7 Å². The van der Waals surface area contributed by atoms with Crippen molar-refractivity contribution in [3.05, 3.63) is 30.1 Å². The number of guanidine groups is 1. The largest absolute Gasteiger partial charge is 0.356 e. The third kappa shape index (κ3) is 10.4. The minimum absolute atomic E-state index is 0. The number of pyridine rings is 1. The van der Waals surface area contributed by atoms with Gasteiger partial charge >= 0.3 is 0 Å². The van der Waals surface area contributed by atoms with Crippen molar-refractivity contribution in [3.63, 3.8) is 0 Å². The van der Waals surface area contributed by atoms with E-state index in [1.165, 1.54) is 4.90 Å². The van der Waals surface area contributed by atoms with Gasteiger partial charge in [0.1, 0.15) is 6.54 Å². The molecule has 23 heavy (non-hydrogen) atoms. The lowest BCUT2D eigenvalue weighted by Gasteiger charge is -2.13. The molecule has 1 amide bonds. The first kappa shape index (κ1) is 22.0. The SMILES string of the molecule is CSCCNC(=NCC(=O)N(C)C)NCCc1ccccn1.I. The number of amides is 1. The van der Waals surface area contributed by atoms with Gasteiger partial charge < -0.3 is 15.5 Å². The van der Waals surface area contributed by atoms with E-state index in [0.717, 1.165) is 31.0 Å². The summed E-state index contributed by atoms with van der Waals surface area (Å²) >= 11 is 1.76. The molecule has 8 heteroatoms. The van der Waals surface area contributed by atoms with E-state index in [4.69, 9.17) is 0 Å². The van der Waals surface area contributed by atoms with E-state index in [2.05, 4.69) is 26.9 Å². The molecule has 0 atom stereocenters. The lowest BCUT2D eigenvalue weighted by molar-refractivity contribution is -0.127. The molecular formula is C15H26IN5OS. The summed E-state index contributed by atoms with van der Waals surface area (Å²) in [5.41, 5.74) is 1.03. The van der Waals surface area contributed by atoms with E-state index in [0.29, 0.717) is 5.96 Å². The first-order valence-electron chi connectivity index (χ1n) is 7.24. The van der Waals surface area contributed by atoms with Gasteiger partial charge in [-0.25, -0.2) is 4.99 Å². The smallest absolute Gasteiger partial charge is 0.243 e. The number of aliphatic imine (C=N–C) groups is 1. The van der Waals surface area contributed by atoms with Gasteiger partial charge in [0.2, 0.25) is 5.91 Å². The van der Waals surface area contributed by atoms with Crippen LogP contribution in [-0.4, -0.2) is 67.5 Å². The minimum atomic E-state index is -0.0179. The van der Waals surface area contributed by atoms with Gasteiger partial charge in [-0.15, -0.1) is 24.0 Å². The highest BCUT2D eigenvalue weighted by Crippen LogP contribution is 1.93. The summed E-state index contributed by atoms with van der Waals surface area (Å²) in [7, 11) is 3.46. The minimum Gasteiger partial charge on any atom is -0.356 e. The first-order valence-corrected chi connectivity index (χ1v) is 8.64. The Morgan fingerprint density at radius 2 is 2.04 bits per heavy atom. The van der Waals surface area contributed by atoms with Crippen LogP contribution in [0, 0.1) is 0 Å². The monoisotopic (exact) mass is 451 g/mol. The molecule has 1 heterocycles. The molecule has 0 aliphatic carbocycles. The van der Waals surface area contributed by atoms with Crippen LogP contribution in [0.4, 0.5) is 0 Å². The lowest BCUT2D eigenvalue weighted by Crippen LogP contribution is -2.40. The molecule has 6 nitrogen and oxygen atoms in total. The summed E-state index contributed by atoms with van der Waals surface area (Å²) in [5, 5.41) is 6.47. The molecule has 0 unspecified atom stereocenters. The van der Waals surface area contributed by atoms with Gasteiger partial charge in [0.05, 0.1) is 0 Å². The third-order valence-corrected chi connectivity index (χ3v) is 3.48. The Kier molecular flexibility index (Phi) is 12.8. The van der Waals surface area contributed by atoms with Gasteiger partial charge in [-0.2, -0.15) is 11.8 Å². The zero-order chi connectivity index (χ0) is 16.2. The van der Waals surface area contributed by atoms with Gasteiger partial charge in [-0.1, -0.05) is 6.07 Å². The highest BCUT2D eigenvalue weighted by molar-refractivity contribution is 14.0. The van der Waals surface area contributed by atoms with Crippen molar-refractivity contribution in [1.82, 2.24) is 20.5 Å². The third-order valence-electron chi connectivity index (χ3n) is 2.87. The van der Waals surface area contributed by atoms with E-state index in [9.17, 15) is 4.79 Å². The van der Waals surface area contributed by atoms with Crippen LogP contribution in [0.3, 0.4) is 0 Å². The Morgan fingerprint density at radius 3 is 2.65 bits per heavy atom. The zero-order valence-corrected chi connectivity index (χ0v) is 17.1. The second-order valence-corrected chi connectivity index (χ2v) is 5.86. The number of carbonyl (C=O) groups excluding carboxylic acids is 1. The highest BCUT2D eigenvalue weighted by atomic mass is 127. The van der Waals surface area contributed by atoms with Crippen LogP contribution in [0.1, 0.15) is 5.69 Å². The Hall–Kier alpha value is -1.03. The van der Waals surface area contributed by atoms with Crippen molar-refractivity contribution in [2.45, 2.75) is 6.42 Å². The van der Waals surface area contributed by atoms with Crippen molar-refractivity contribution in [1.29, 1.82) is 0 Å². The second-order valence-electron chi connectivity index (χ2n) is 4.87. The maximum atomic E-state index is 11.6. The van der Waals surface area contributed by atoms with Gasteiger partial charge in [0, 0.05) is 51.2 Å². The maximum absolute atomic E-state index is 11.6. The standard InChI is InChI=1S/C15H25N5OS.HI/c1-20(2)14(21)12-19-15(18-10-11-22-3)17-9-7-13-6-4-5-8-16-13;/h4-6,8H,7,9-12H2,1-3H3,(H2,17,18,19);1H. The average Bonchev–Trinajstić information content (AvgIpc) is 2.52. The molecule has 0 aromatic carbocycles. The van der Waals surface area contributed by atoms with E-state index >= 15 is 0 Å². The number of rotatable bonds is 8. The van der Waals surface area contributed by atoms with Gasteiger partial charge in [0.25, 0.3) is 0 Å². The Bertz CT molecular complexity index is 470. The molecule has 130 valence electrons. The molecule has 0 saturated heterocycles. The topological polar surface area (TPSA) is 69.6 Å². The number of carbonyl (C=O) groups is 1. The van der Waals surface area contributed by atoms with E-state index in [1.54, 1.807) is 32.1 Å². The van der Waals surface area contributed by atoms with Gasteiger partial charge in [0.15, 0.2) is 5.96 Å². The molecule has 0 fully saturated rings. The fourth-order valence-corrected chi connectivity index (χ4v) is 1.90. The lowest BCUT2D eigenvalue weighted by atomic mass is 10.3. The molecule has 0 aliphatic heterocycles. The van der Waals surface area contributed by atoms with Crippen molar-refractivity contribution in [2.75, 3.05) is 45.7 Å². The maximum Gasteiger partial charge on any atom is 0.243 e. The zero-order valence-electron chi connectivity index (χ0n) is 13.9.